The number of carboxylic acid groups (broad SMARTS) is 1. The Bertz CT molecular complexity index is 510. The zero-order valence-corrected chi connectivity index (χ0v) is 31.7. The van der Waals surface area contributed by atoms with E-state index in [2.05, 4.69) is 24.5 Å². The SMILES string of the molecule is CCCCCCCCCCCCCCCCCCN(CCCO)CCCCCCCCCCCCCCCCCC.NCC(=O)O. The third-order valence-corrected chi connectivity index (χ3v) is 9.46. The van der Waals surface area contributed by atoms with Crippen LogP contribution in [0.15, 0.2) is 0 Å². The summed E-state index contributed by atoms with van der Waals surface area (Å²) in [6, 6.07) is 0. The number of hydrogen-bond donors (Lipinski definition) is 3. The molecule has 0 radical (unpaired) electrons. The van der Waals surface area contributed by atoms with E-state index in [-0.39, 0.29) is 6.54 Å². The van der Waals surface area contributed by atoms with E-state index in [9.17, 15) is 9.90 Å². The van der Waals surface area contributed by atoms with Gasteiger partial charge in [0.15, 0.2) is 0 Å². The van der Waals surface area contributed by atoms with Crippen molar-refractivity contribution in [1.29, 1.82) is 0 Å². The van der Waals surface area contributed by atoms with E-state index in [1.165, 1.54) is 219 Å². The number of rotatable bonds is 38. The fourth-order valence-electron chi connectivity index (χ4n) is 6.40. The molecule has 0 fully saturated rings. The van der Waals surface area contributed by atoms with Gasteiger partial charge in [0.25, 0.3) is 0 Å². The first-order valence-corrected chi connectivity index (χ1v) is 20.9. The highest BCUT2D eigenvalue weighted by atomic mass is 16.4. The summed E-state index contributed by atoms with van der Waals surface area (Å²) in [6.07, 6.45) is 47.0. The first kappa shape index (κ1) is 47.5. The molecule has 0 aliphatic carbocycles. The third-order valence-electron chi connectivity index (χ3n) is 9.46. The van der Waals surface area contributed by atoms with E-state index in [1.807, 2.05) is 0 Å². The third kappa shape index (κ3) is 45.5. The van der Waals surface area contributed by atoms with Crippen LogP contribution in [0.2, 0.25) is 0 Å². The molecule has 0 amide bonds. The predicted molar refractivity (Wildman–Crippen MR) is 204 cm³/mol. The summed E-state index contributed by atoms with van der Waals surface area (Å²) < 4.78 is 0. The van der Waals surface area contributed by atoms with Crippen molar-refractivity contribution in [2.24, 2.45) is 5.73 Å². The maximum Gasteiger partial charge on any atom is 0.317 e. The van der Waals surface area contributed by atoms with E-state index in [0.29, 0.717) is 6.61 Å². The quantitative estimate of drug-likeness (QED) is 0.0577. The van der Waals surface area contributed by atoms with Crippen molar-refractivity contribution in [2.75, 3.05) is 32.8 Å². The predicted octanol–water partition coefficient (Wildman–Crippen LogP) is 12.2. The van der Waals surface area contributed by atoms with E-state index >= 15 is 0 Å². The second kappa shape index (κ2) is 44.4. The Balaban J connectivity index is 0. The molecule has 0 unspecified atom stereocenters. The van der Waals surface area contributed by atoms with E-state index < -0.39 is 5.97 Å². The molecule has 0 aromatic heterocycles. The van der Waals surface area contributed by atoms with Crippen LogP contribution in [0.4, 0.5) is 0 Å². The first-order valence-electron chi connectivity index (χ1n) is 20.9. The largest absolute Gasteiger partial charge is 0.480 e. The average Bonchev–Trinajstić information content (AvgIpc) is 3.06. The highest BCUT2D eigenvalue weighted by Crippen LogP contribution is 2.16. The normalized spacial score (nSPS) is 11.2. The van der Waals surface area contributed by atoms with Crippen LogP contribution in [-0.2, 0) is 4.79 Å². The molecule has 0 aromatic rings. The van der Waals surface area contributed by atoms with Gasteiger partial charge in [-0.05, 0) is 32.4 Å². The number of aliphatic carboxylic acids is 1. The van der Waals surface area contributed by atoms with Crippen molar-refractivity contribution >= 4 is 5.97 Å². The fraction of sp³-hybridized carbons (Fsp3) is 0.976. The summed E-state index contributed by atoms with van der Waals surface area (Å²) in [6.45, 7) is 8.26. The number of carboxylic acids is 1. The minimum atomic E-state index is -0.968. The van der Waals surface area contributed by atoms with Crippen molar-refractivity contribution in [2.45, 2.75) is 226 Å². The Hall–Kier alpha value is -0.650. The minimum absolute atomic E-state index is 0.278. The second-order valence-electron chi connectivity index (χ2n) is 14.1. The topological polar surface area (TPSA) is 86.8 Å². The molecule has 0 bridgehead atoms. The highest BCUT2D eigenvalue weighted by Gasteiger charge is 2.05. The average molecular weight is 655 g/mol. The van der Waals surface area contributed by atoms with Gasteiger partial charge in [0.2, 0.25) is 0 Å². The smallest absolute Gasteiger partial charge is 0.317 e. The maximum absolute atomic E-state index is 9.31. The van der Waals surface area contributed by atoms with Crippen LogP contribution >= 0.6 is 0 Å². The van der Waals surface area contributed by atoms with Gasteiger partial charge in [-0.3, -0.25) is 4.79 Å². The van der Waals surface area contributed by atoms with Gasteiger partial charge >= 0.3 is 5.97 Å². The van der Waals surface area contributed by atoms with Crippen LogP contribution in [0.5, 0.6) is 0 Å². The zero-order chi connectivity index (χ0) is 34.0. The number of aliphatic hydroxyl groups is 1. The minimum Gasteiger partial charge on any atom is -0.480 e. The molecule has 278 valence electrons. The van der Waals surface area contributed by atoms with Crippen LogP contribution in [0, 0.1) is 0 Å². The summed E-state index contributed by atoms with van der Waals surface area (Å²) in [7, 11) is 0. The van der Waals surface area contributed by atoms with Gasteiger partial charge in [-0.25, -0.2) is 0 Å². The maximum atomic E-state index is 9.31. The van der Waals surface area contributed by atoms with Gasteiger partial charge in [-0.1, -0.05) is 206 Å². The van der Waals surface area contributed by atoms with Gasteiger partial charge in [-0.15, -0.1) is 0 Å². The number of aliphatic hydroxyl groups excluding tert-OH is 1. The Labute approximate surface area is 289 Å². The lowest BCUT2D eigenvalue weighted by Gasteiger charge is -2.22. The highest BCUT2D eigenvalue weighted by molar-refractivity contribution is 5.68. The van der Waals surface area contributed by atoms with Crippen LogP contribution in [0.1, 0.15) is 226 Å². The molecule has 0 saturated carbocycles. The Morgan fingerprint density at radius 1 is 0.413 bits per heavy atom. The molecular weight excluding hydrogens is 568 g/mol. The van der Waals surface area contributed by atoms with Gasteiger partial charge in [0.1, 0.15) is 0 Å². The lowest BCUT2D eigenvalue weighted by atomic mass is 10.0. The van der Waals surface area contributed by atoms with Crippen LogP contribution in [0.25, 0.3) is 0 Å². The molecule has 0 aliphatic rings. The first-order chi connectivity index (χ1) is 22.6. The molecule has 0 atom stereocenters. The van der Waals surface area contributed by atoms with Crippen molar-refractivity contribution in [3.05, 3.63) is 0 Å². The van der Waals surface area contributed by atoms with Crippen molar-refractivity contribution < 1.29 is 15.0 Å². The molecule has 4 N–H and O–H groups in total. The summed E-state index contributed by atoms with van der Waals surface area (Å²) in [5.74, 6) is -0.968. The molecule has 0 rings (SSSR count). The van der Waals surface area contributed by atoms with E-state index in [0.717, 1.165) is 13.0 Å². The van der Waals surface area contributed by atoms with Gasteiger partial charge in [0, 0.05) is 13.2 Å². The van der Waals surface area contributed by atoms with E-state index in [4.69, 9.17) is 5.11 Å². The summed E-state index contributed by atoms with van der Waals surface area (Å²) in [5.41, 5.74) is 4.57. The lowest BCUT2D eigenvalue weighted by Crippen LogP contribution is -2.27. The van der Waals surface area contributed by atoms with Gasteiger partial charge in [0.05, 0.1) is 6.54 Å². The summed E-state index contributed by atoms with van der Waals surface area (Å²) >= 11 is 0. The second-order valence-corrected chi connectivity index (χ2v) is 14.1. The Kier molecular flexibility index (Phi) is 45.8. The number of nitrogens with two attached hydrogens (primary N) is 1. The van der Waals surface area contributed by atoms with Crippen LogP contribution in [0.3, 0.4) is 0 Å². The number of nitrogens with zero attached hydrogens (tertiary/aromatic N) is 1. The summed E-state index contributed by atoms with van der Waals surface area (Å²) in [5, 5.41) is 16.9. The molecule has 0 saturated heterocycles. The lowest BCUT2D eigenvalue weighted by molar-refractivity contribution is -0.135. The molecule has 0 aromatic carbocycles. The van der Waals surface area contributed by atoms with Crippen molar-refractivity contribution in [3.63, 3.8) is 0 Å². The van der Waals surface area contributed by atoms with Crippen LogP contribution in [-0.4, -0.2) is 53.9 Å². The fourth-order valence-corrected chi connectivity index (χ4v) is 6.40. The van der Waals surface area contributed by atoms with Crippen molar-refractivity contribution in [1.82, 2.24) is 4.90 Å². The molecule has 46 heavy (non-hydrogen) atoms. The number of hydrogen-bond acceptors (Lipinski definition) is 4. The van der Waals surface area contributed by atoms with E-state index in [1.54, 1.807) is 0 Å². The summed E-state index contributed by atoms with van der Waals surface area (Å²) in [4.78, 5) is 11.9. The number of carbonyl (C=O) groups is 1. The Morgan fingerprint density at radius 2 is 0.609 bits per heavy atom. The molecular formula is C41H86N2O3. The standard InChI is InChI=1S/C39H81NO.C2H5NO2/c1-3-5-7-9-11-13-15-17-19-21-23-25-27-29-31-33-36-40(38-35-39-41)37-34-32-30-28-26-24-22-20-18-16-14-12-10-8-6-4-2;3-1-2(4)5/h41H,3-39H2,1-2H3;1,3H2,(H,4,5). The van der Waals surface area contributed by atoms with Gasteiger partial charge < -0.3 is 20.8 Å². The number of unbranched alkanes of at least 4 members (excludes halogenated alkanes) is 30. The molecule has 5 nitrogen and oxygen atoms in total. The molecule has 5 heteroatoms. The Morgan fingerprint density at radius 3 is 0.804 bits per heavy atom. The van der Waals surface area contributed by atoms with Crippen LogP contribution < -0.4 is 5.73 Å². The van der Waals surface area contributed by atoms with Crippen molar-refractivity contribution in [3.8, 4) is 0 Å². The molecule has 0 aliphatic heterocycles. The van der Waals surface area contributed by atoms with Gasteiger partial charge in [-0.2, -0.15) is 0 Å². The zero-order valence-electron chi connectivity index (χ0n) is 31.7. The molecule has 0 heterocycles. The monoisotopic (exact) mass is 655 g/mol. The molecule has 0 spiro atoms.